The van der Waals surface area contributed by atoms with Crippen LogP contribution in [0.15, 0.2) is 30.0 Å². The molecule has 1 heterocycles. The van der Waals surface area contributed by atoms with E-state index < -0.39 is 0 Å². The molecule has 0 saturated heterocycles. The molecule has 1 aliphatic rings. The first kappa shape index (κ1) is 19.9. The number of fused-ring (bicyclic) bond motifs is 1. The summed E-state index contributed by atoms with van der Waals surface area (Å²) in [6, 6.07) is 7.85. The summed E-state index contributed by atoms with van der Waals surface area (Å²) in [6.07, 6.45) is 1.73. The lowest BCUT2D eigenvalue weighted by Gasteiger charge is -2.18. The van der Waals surface area contributed by atoms with E-state index in [0.717, 1.165) is 16.7 Å². The number of Topliss-reactive ketones (excluding diaryl/α,β-unsaturated/α-hetero) is 1. The first-order valence-corrected chi connectivity index (χ1v) is 8.89. The maximum absolute atomic E-state index is 13.1. The number of rotatable bonds is 7. The van der Waals surface area contributed by atoms with Crippen molar-refractivity contribution in [1.82, 2.24) is 0 Å². The van der Waals surface area contributed by atoms with Crippen molar-refractivity contribution in [2.24, 2.45) is 0 Å². The van der Waals surface area contributed by atoms with Crippen molar-refractivity contribution in [3.05, 3.63) is 57.8 Å². The average molecular weight is 384 g/mol. The smallest absolute Gasteiger partial charge is 0.235 e. The van der Waals surface area contributed by atoms with Crippen LogP contribution in [0.5, 0.6) is 17.2 Å². The summed E-state index contributed by atoms with van der Waals surface area (Å²) in [6.45, 7) is 5.77. The molecule has 0 N–H and O–H groups in total. The number of ether oxygens (including phenoxy) is 5. The maximum Gasteiger partial charge on any atom is 0.235 e. The zero-order valence-electron chi connectivity index (χ0n) is 16.8. The highest BCUT2D eigenvalue weighted by molar-refractivity contribution is 6.17. The van der Waals surface area contributed by atoms with Gasteiger partial charge in [0.15, 0.2) is 19.3 Å². The van der Waals surface area contributed by atoms with Crippen LogP contribution in [0, 0.1) is 20.8 Å². The number of carbonyl (C=O) groups is 1. The number of benzene rings is 2. The minimum absolute atomic E-state index is 0.00431. The van der Waals surface area contributed by atoms with E-state index in [9.17, 15) is 4.79 Å². The van der Waals surface area contributed by atoms with Crippen LogP contribution < -0.4 is 14.2 Å². The van der Waals surface area contributed by atoms with Crippen LogP contribution in [0.4, 0.5) is 0 Å². The summed E-state index contributed by atoms with van der Waals surface area (Å²) in [4.78, 5) is 13.1. The quantitative estimate of drug-likeness (QED) is 0.527. The molecule has 0 bridgehead atoms. The van der Waals surface area contributed by atoms with Crippen LogP contribution in [0.3, 0.4) is 0 Å². The predicted molar refractivity (Wildman–Crippen MR) is 105 cm³/mol. The molecule has 0 amide bonds. The number of ketones is 1. The zero-order valence-corrected chi connectivity index (χ0v) is 16.8. The Labute approximate surface area is 164 Å². The number of hydrogen-bond acceptors (Lipinski definition) is 6. The average Bonchev–Trinajstić information content (AvgIpc) is 3.00. The first-order valence-electron chi connectivity index (χ1n) is 8.89. The van der Waals surface area contributed by atoms with Crippen LogP contribution in [0.2, 0.25) is 0 Å². The van der Waals surface area contributed by atoms with Crippen molar-refractivity contribution in [1.29, 1.82) is 0 Å². The van der Waals surface area contributed by atoms with Crippen LogP contribution in [0.25, 0.3) is 6.08 Å². The van der Waals surface area contributed by atoms with Crippen LogP contribution >= 0.6 is 0 Å². The fraction of sp³-hybridized carbons (Fsp3) is 0.318. The normalized spacial score (nSPS) is 14.2. The van der Waals surface area contributed by atoms with E-state index in [-0.39, 0.29) is 25.1 Å². The van der Waals surface area contributed by atoms with Gasteiger partial charge in [0.1, 0.15) is 22.8 Å². The van der Waals surface area contributed by atoms with Gasteiger partial charge in [-0.3, -0.25) is 4.79 Å². The minimum Gasteiger partial charge on any atom is -0.467 e. The Morgan fingerprint density at radius 2 is 1.50 bits per heavy atom. The van der Waals surface area contributed by atoms with Gasteiger partial charge in [-0.2, -0.15) is 0 Å². The molecule has 1 aliphatic heterocycles. The largest absolute Gasteiger partial charge is 0.467 e. The van der Waals surface area contributed by atoms with Crippen molar-refractivity contribution >= 4 is 11.9 Å². The summed E-state index contributed by atoms with van der Waals surface area (Å²) < 4.78 is 27.4. The molecule has 148 valence electrons. The van der Waals surface area contributed by atoms with Gasteiger partial charge in [-0.25, -0.2) is 0 Å². The standard InChI is InChI=1S/C22H24O6/c1-13-6-8-16(9-7-13)10-17-19(23)18-21(27-12-25-5)14(2)20(26-11-24-4)15(3)22(18)28-17/h6-10H,11-12H2,1-5H3. The molecule has 28 heavy (non-hydrogen) atoms. The van der Waals surface area contributed by atoms with Crippen molar-refractivity contribution in [2.75, 3.05) is 27.8 Å². The Balaban J connectivity index is 2.08. The molecule has 2 aromatic carbocycles. The molecule has 0 atom stereocenters. The summed E-state index contributed by atoms with van der Waals surface area (Å²) in [7, 11) is 3.07. The van der Waals surface area contributed by atoms with Crippen LogP contribution in [-0.4, -0.2) is 33.6 Å². The molecule has 0 fully saturated rings. The van der Waals surface area contributed by atoms with Gasteiger partial charge in [0.2, 0.25) is 5.78 Å². The molecule has 3 rings (SSSR count). The van der Waals surface area contributed by atoms with Gasteiger partial charge in [0.25, 0.3) is 0 Å². The fourth-order valence-corrected chi connectivity index (χ4v) is 3.12. The molecule has 0 saturated carbocycles. The second-order valence-corrected chi connectivity index (χ2v) is 6.56. The Hall–Kier alpha value is -2.83. The zero-order chi connectivity index (χ0) is 20.3. The van der Waals surface area contributed by atoms with Gasteiger partial charge in [-0.15, -0.1) is 0 Å². The maximum atomic E-state index is 13.1. The molecule has 6 nitrogen and oxygen atoms in total. The Morgan fingerprint density at radius 1 is 0.893 bits per heavy atom. The molecular formula is C22H24O6. The highest BCUT2D eigenvalue weighted by atomic mass is 16.7. The van der Waals surface area contributed by atoms with Gasteiger partial charge in [-0.05, 0) is 32.4 Å². The van der Waals surface area contributed by atoms with Crippen LogP contribution in [0.1, 0.15) is 32.6 Å². The van der Waals surface area contributed by atoms with E-state index in [1.165, 1.54) is 7.11 Å². The summed E-state index contributed by atoms with van der Waals surface area (Å²) in [5, 5.41) is 0. The highest BCUT2D eigenvalue weighted by Crippen LogP contribution is 2.48. The lowest BCUT2D eigenvalue weighted by molar-refractivity contribution is 0.0443. The molecule has 0 unspecified atom stereocenters. The van der Waals surface area contributed by atoms with Gasteiger partial charge in [0, 0.05) is 25.3 Å². The molecule has 0 aromatic heterocycles. The topological polar surface area (TPSA) is 63.2 Å². The van der Waals surface area contributed by atoms with Crippen LogP contribution in [-0.2, 0) is 9.47 Å². The second-order valence-electron chi connectivity index (χ2n) is 6.56. The second kappa shape index (κ2) is 8.46. The summed E-state index contributed by atoms with van der Waals surface area (Å²) in [5.74, 6) is 1.41. The molecule has 6 heteroatoms. The van der Waals surface area contributed by atoms with Gasteiger partial charge >= 0.3 is 0 Å². The number of aryl methyl sites for hydroxylation is 1. The number of methoxy groups -OCH3 is 2. The Morgan fingerprint density at radius 3 is 2.11 bits per heavy atom. The SMILES string of the molecule is COCOc1c(C)c(OCOC)c2c(c1C)OC(=Cc1ccc(C)cc1)C2=O. The predicted octanol–water partition coefficient (Wildman–Crippen LogP) is 4.19. The summed E-state index contributed by atoms with van der Waals surface area (Å²) >= 11 is 0. The van der Waals surface area contributed by atoms with E-state index in [2.05, 4.69) is 0 Å². The van der Waals surface area contributed by atoms with Crippen molar-refractivity contribution < 1.29 is 28.5 Å². The van der Waals surface area contributed by atoms with E-state index in [4.69, 9.17) is 23.7 Å². The Bertz CT molecular complexity index is 912. The monoisotopic (exact) mass is 384 g/mol. The highest BCUT2D eigenvalue weighted by Gasteiger charge is 2.36. The van der Waals surface area contributed by atoms with E-state index in [1.54, 1.807) is 13.2 Å². The molecular weight excluding hydrogens is 360 g/mol. The third-order valence-electron chi connectivity index (χ3n) is 4.50. The number of hydrogen-bond donors (Lipinski definition) is 0. The van der Waals surface area contributed by atoms with Crippen molar-refractivity contribution in [3.8, 4) is 17.2 Å². The molecule has 0 aliphatic carbocycles. The van der Waals surface area contributed by atoms with E-state index in [1.807, 2.05) is 45.0 Å². The molecule has 0 radical (unpaired) electrons. The summed E-state index contributed by atoms with van der Waals surface area (Å²) in [5.41, 5.74) is 3.82. The fourth-order valence-electron chi connectivity index (χ4n) is 3.12. The van der Waals surface area contributed by atoms with Crippen molar-refractivity contribution in [2.45, 2.75) is 20.8 Å². The third-order valence-corrected chi connectivity index (χ3v) is 4.50. The van der Waals surface area contributed by atoms with E-state index in [0.29, 0.717) is 28.4 Å². The minimum atomic E-state index is -0.230. The first-order chi connectivity index (χ1) is 13.5. The lowest BCUT2D eigenvalue weighted by Crippen LogP contribution is -2.09. The number of allylic oxidation sites excluding steroid dienone is 1. The number of carbonyl (C=O) groups excluding carboxylic acids is 1. The third kappa shape index (κ3) is 3.74. The van der Waals surface area contributed by atoms with Gasteiger partial charge < -0.3 is 23.7 Å². The molecule has 2 aromatic rings. The van der Waals surface area contributed by atoms with Crippen molar-refractivity contribution in [3.63, 3.8) is 0 Å². The van der Waals surface area contributed by atoms with E-state index >= 15 is 0 Å². The molecule has 0 spiro atoms. The Kier molecular flexibility index (Phi) is 6.02. The van der Waals surface area contributed by atoms with Gasteiger partial charge in [-0.1, -0.05) is 29.8 Å². The van der Waals surface area contributed by atoms with Gasteiger partial charge in [0.05, 0.1) is 0 Å². The lowest BCUT2D eigenvalue weighted by atomic mass is 10.00.